The number of rotatable bonds is 9. The summed E-state index contributed by atoms with van der Waals surface area (Å²) in [5.41, 5.74) is 0.905. The molecule has 1 heterocycles. The average molecular weight is 541 g/mol. The highest BCUT2D eigenvalue weighted by molar-refractivity contribution is 7.89. The molecule has 12 heteroatoms. The Labute approximate surface area is 214 Å². The Hall–Kier alpha value is -2.79. The van der Waals surface area contributed by atoms with Crippen molar-refractivity contribution in [2.45, 2.75) is 36.4 Å². The van der Waals surface area contributed by atoms with Gasteiger partial charge in [0, 0.05) is 29.7 Å². The summed E-state index contributed by atoms with van der Waals surface area (Å²) in [4.78, 5) is 25.0. The molecule has 1 saturated heterocycles. The second kappa shape index (κ2) is 11.8. The maximum atomic E-state index is 13.2. The third-order valence-corrected chi connectivity index (χ3v) is 7.75. The monoisotopic (exact) mass is 540 g/mol. The Bertz CT molecular complexity index is 1170. The lowest BCUT2D eigenvalue weighted by molar-refractivity contribution is -0.124. The second-order valence-electron chi connectivity index (χ2n) is 7.98. The van der Waals surface area contributed by atoms with Crippen molar-refractivity contribution in [3.63, 3.8) is 0 Å². The van der Waals surface area contributed by atoms with Gasteiger partial charge in [-0.2, -0.15) is 4.31 Å². The molecule has 0 radical (unpaired) electrons. The van der Waals surface area contributed by atoms with Crippen LogP contribution in [-0.2, 0) is 21.4 Å². The number of carbonyl (C=O) groups is 2. The van der Waals surface area contributed by atoms with Gasteiger partial charge in [-0.3, -0.25) is 4.79 Å². The van der Waals surface area contributed by atoms with Crippen molar-refractivity contribution >= 4 is 45.2 Å². The fourth-order valence-electron chi connectivity index (χ4n) is 3.66. The minimum Gasteiger partial charge on any atom is -0.511 e. The van der Waals surface area contributed by atoms with Crippen molar-refractivity contribution in [1.82, 2.24) is 20.3 Å². The fourth-order valence-corrected chi connectivity index (χ4v) is 6.04. The molecule has 9 nitrogen and oxygen atoms in total. The molecule has 2 aromatic carbocycles. The van der Waals surface area contributed by atoms with Crippen LogP contribution < -0.4 is 16.0 Å². The molecule has 0 aliphatic carbocycles. The molecular formula is C23H26Cl2N4O5S. The molecule has 0 unspecified atom stereocenters. The first kappa shape index (κ1) is 26.8. The molecule has 3 rings (SSSR count). The van der Waals surface area contributed by atoms with E-state index in [-0.39, 0.29) is 40.2 Å². The number of benzene rings is 2. The van der Waals surface area contributed by atoms with Gasteiger partial charge in [-0.05, 0) is 36.6 Å². The SMILES string of the molecule is C=C(O)[C@H](CNC(=O)NCc1ccccc1)NC(=O)[C@@H]1CCCN1S(=O)(=O)c1cc(Cl)cc(Cl)c1. The molecule has 3 amide bonds. The largest absolute Gasteiger partial charge is 0.511 e. The van der Waals surface area contributed by atoms with E-state index in [0.717, 1.165) is 9.87 Å². The summed E-state index contributed by atoms with van der Waals surface area (Å²) in [7, 11) is -4.05. The van der Waals surface area contributed by atoms with Crippen molar-refractivity contribution in [1.29, 1.82) is 0 Å². The van der Waals surface area contributed by atoms with Crippen LogP contribution in [0.15, 0.2) is 65.8 Å². The number of halogens is 2. The van der Waals surface area contributed by atoms with Crippen LogP contribution in [0.3, 0.4) is 0 Å². The van der Waals surface area contributed by atoms with Crippen LogP contribution in [0, 0.1) is 0 Å². The van der Waals surface area contributed by atoms with E-state index >= 15 is 0 Å². The molecule has 1 fully saturated rings. The number of amides is 3. The summed E-state index contributed by atoms with van der Waals surface area (Å²) in [5.74, 6) is -0.998. The zero-order chi connectivity index (χ0) is 25.6. The van der Waals surface area contributed by atoms with Crippen molar-refractivity contribution in [3.05, 3.63) is 76.5 Å². The van der Waals surface area contributed by atoms with Crippen LogP contribution in [0.1, 0.15) is 18.4 Å². The number of sulfonamides is 1. The van der Waals surface area contributed by atoms with E-state index < -0.39 is 34.0 Å². The van der Waals surface area contributed by atoms with Crippen LogP contribution in [-0.4, -0.2) is 54.9 Å². The van der Waals surface area contributed by atoms with Gasteiger partial charge in [-0.25, -0.2) is 13.2 Å². The van der Waals surface area contributed by atoms with Crippen LogP contribution in [0.2, 0.25) is 10.0 Å². The van der Waals surface area contributed by atoms with Crippen molar-refractivity contribution in [3.8, 4) is 0 Å². The van der Waals surface area contributed by atoms with Gasteiger partial charge >= 0.3 is 6.03 Å². The number of hydrogen-bond acceptors (Lipinski definition) is 5. The lowest BCUT2D eigenvalue weighted by Crippen LogP contribution is -2.52. The van der Waals surface area contributed by atoms with E-state index in [1.807, 2.05) is 30.3 Å². The number of nitrogens with one attached hydrogen (secondary N) is 3. The molecule has 0 bridgehead atoms. The molecule has 0 spiro atoms. The molecule has 35 heavy (non-hydrogen) atoms. The van der Waals surface area contributed by atoms with Gasteiger partial charge in [0.15, 0.2) is 0 Å². The summed E-state index contributed by atoms with van der Waals surface area (Å²) in [6.07, 6.45) is 0.755. The van der Waals surface area contributed by atoms with Crippen molar-refractivity contribution in [2.24, 2.45) is 0 Å². The molecule has 0 aromatic heterocycles. The zero-order valence-corrected chi connectivity index (χ0v) is 21.0. The smallest absolute Gasteiger partial charge is 0.315 e. The standard InChI is InChI=1S/C23H26Cl2N4O5S/c1-15(30)20(14-27-23(32)26-13-16-6-3-2-4-7-16)28-22(31)21-8-5-9-29(21)35(33,34)19-11-17(24)10-18(25)12-19/h2-4,6-7,10-12,20-21,30H,1,5,8-9,13-14H2,(H,28,31)(H2,26,27,32)/t20-,21-/m0/s1. The van der Waals surface area contributed by atoms with Gasteiger partial charge in [0.05, 0.1) is 4.90 Å². The second-order valence-corrected chi connectivity index (χ2v) is 10.7. The van der Waals surface area contributed by atoms with Crippen molar-refractivity contribution in [2.75, 3.05) is 13.1 Å². The van der Waals surface area contributed by atoms with Gasteiger partial charge in [0.2, 0.25) is 15.9 Å². The van der Waals surface area contributed by atoms with E-state index in [1.54, 1.807) is 0 Å². The van der Waals surface area contributed by atoms with Crippen LogP contribution in [0.25, 0.3) is 0 Å². The van der Waals surface area contributed by atoms with E-state index in [9.17, 15) is 23.1 Å². The molecule has 2 atom stereocenters. The molecule has 188 valence electrons. The Balaban J connectivity index is 1.62. The van der Waals surface area contributed by atoms with E-state index in [4.69, 9.17) is 23.2 Å². The van der Waals surface area contributed by atoms with Crippen LogP contribution in [0.5, 0.6) is 0 Å². The Kier molecular flexibility index (Phi) is 9.01. The Morgan fingerprint density at radius 3 is 2.40 bits per heavy atom. The molecule has 4 N–H and O–H groups in total. The summed E-state index contributed by atoms with van der Waals surface area (Å²) < 4.78 is 27.4. The van der Waals surface area contributed by atoms with Crippen LogP contribution in [0.4, 0.5) is 4.79 Å². The predicted molar refractivity (Wildman–Crippen MR) is 134 cm³/mol. The molecule has 1 aliphatic rings. The van der Waals surface area contributed by atoms with Gasteiger partial charge in [-0.15, -0.1) is 0 Å². The zero-order valence-electron chi connectivity index (χ0n) is 18.7. The minimum atomic E-state index is -4.05. The highest BCUT2D eigenvalue weighted by Gasteiger charge is 2.40. The Morgan fingerprint density at radius 2 is 1.77 bits per heavy atom. The third-order valence-electron chi connectivity index (χ3n) is 5.43. The lowest BCUT2D eigenvalue weighted by atomic mass is 10.2. The highest BCUT2D eigenvalue weighted by atomic mass is 35.5. The predicted octanol–water partition coefficient (Wildman–Crippen LogP) is 3.20. The van der Waals surface area contributed by atoms with E-state index in [0.29, 0.717) is 13.0 Å². The van der Waals surface area contributed by atoms with Gasteiger partial charge in [0.25, 0.3) is 0 Å². The number of urea groups is 1. The maximum Gasteiger partial charge on any atom is 0.315 e. The van der Waals surface area contributed by atoms with E-state index in [1.165, 1.54) is 18.2 Å². The quantitative estimate of drug-likeness (QED) is 0.363. The first-order valence-corrected chi connectivity index (χ1v) is 13.0. The lowest BCUT2D eigenvalue weighted by Gasteiger charge is -2.26. The number of carbonyl (C=O) groups excluding carboxylic acids is 2. The first-order chi connectivity index (χ1) is 16.6. The fraction of sp³-hybridized carbons (Fsp3) is 0.304. The third kappa shape index (κ3) is 7.11. The first-order valence-electron chi connectivity index (χ1n) is 10.8. The number of aliphatic hydroxyl groups excluding tert-OH is 1. The number of nitrogens with zero attached hydrogens (tertiary/aromatic N) is 1. The highest BCUT2D eigenvalue weighted by Crippen LogP contribution is 2.29. The normalized spacial score (nSPS) is 16.9. The minimum absolute atomic E-state index is 0.116. The van der Waals surface area contributed by atoms with Gasteiger partial charge in [-0.1, -0.05) is 60.1 Å². The molecule has 1 aliphatic heterocycles. The molecule has 0 saturated carbocycles. The topological polar surface area (TPSA) is 128 Å². The summed E-state index contributed by atoms with van der Waals surface area (Å²) in [6, 6.07) is 10.7. The van der Waals surface area contributed by atoms with Gasteiger partial charge in [0.1, 0.15) is 17.8 Å². The summed E-state index contributed by atoms with van der Waals surface area (Å²) in [5, 5.41) is 18.1. The Morgan fingerprint density at radius 1 is 1.11 bits per heavy atom. The van der Waals surface area contributed by atoms with Crippen LogP contribution >= 0.6 is 23.2 Å². The number of hydrogen-bond donors (Lipinski definition) is 4. The van der Waals surface area contributed by atoms with Crippen molar-refractivity contribution < 1.29 is 23.1 Å². The van der Waals surface area contributed by atoms with E-state index in [2.05, 4.69) is 22.5 Å². The number of aliphatic hydroxyl groups is 1. The maximum absolute atomic E-state index is 13.2. The summed E-state index contributed by atoms with van der Waals surface area (Å²) >= 11 is 11.9. The summed E-state index contributed by atoms with van der Waals surface area (Å²) in [6.45, 7) is 3.73. The van der Waals surface area contributed by atoms with Gasteiger partial charge < -0.3 is 21.1 Å². The average Bonchev–Trinajstić information content (AvgIpc) is 3.31. The molecular weight excluding hydrogens is 515 g/mol. The molecule has 2 aromatic rings.